The zero-order chi connectivity index (χ0) is 8.97. The van der Waals surface area contributed by atoms with E-state index in [0.29, 0.717) is 5.02 Å². The van der Waals surface area contributed by atoms with E-state index >= 15 is 0 Å². The van der Waals surface area contributed by atoms with Gasteiger partial charge in [0.05, 0.1) is 10.8 Å². The van der Waals surface area contributed by atoms with Gasteiger partial charge in [0.15, 0.2) is 0 Å². The van der Waals surface area contributed by atoms with Gasteiger partial charge in [0.1, 0.15) is 0 Å². The molecule has 64 valence electrons. The summed E-state index contributed by atoms with van der Waals surface area (Å²) in [6.45, 7) is 1.84. The Morgan fingerprint density at radius 3 is 2.42 bits per heavy atom. The van der Waals surface area contributed by atoms with Crippen LogP contribution >= 0.6 is 11.6 Å². The van der Waals surface area contributed by atoms with Gasteiger partial charge in [-0.2, -0.15) is 0 Å². The quantitative estimate of drug-likeness (QED) is 0.718. The van der Waals surface area contributed by atoms with Crippen molar-refractivity contribution in [3.63, 3.8) is 0 Å². The number of hydrogen-bond acceptors (Lipinski definition) is 1. The zero-order valence-electron chi connectivity index (χ0n) is 6.66. The van der Waals surface area contributed by atoms with E-state index in [1.54, 1.807) is 35.7 Å². The minimum atomic E-state index is -1.03. The molecule has 1 nitrogen and oxygen atoms in total. The fourth-order valence-corrected chi connectivity index (χ4v) is 1.71. The van der Waals surface area contributed by atoms with Crippen molar-refractivity contribution in [2.45, 2.75) is 11.8 Å². The van der Waals surface area contributed by atoms with Crippen molar-refractivity contribution in [1.82, 2.24) is 0 Å². The second-order valence-corrected chi connectivity index (χ2v) is 4.00. The van der Waals surface area contributed by atoms with Crippen molar-refractivity contribution in [3.05, 3.63) is 40.8 Å². The molecule has 0 heterocycles. The molecule has 0 aliphatic carbocycles. The molecule has 1 unspecified atom stereocenters. The summed E-state index contributed by atoms with van der Waals surface area (Å²) in [4.78, 5) is 0.775. The third-order valence-corrected chi connectivity index (χ3v) is 2.81. The Hall–Kier alpha value is -0.600. The van der Waals surface area contributed by atoms with Crippen LogP contribution < -0.4 is 0 Å². The monoisotopic (exact) mass is 200 g/mol. The molecule has 12 heavy (non-hydrogen) atoms. The molecule has 0 saturated carbocycles. The fraction of sp³-hybridized carbons (Fsp3) is 0.111. The first-order valence-electron chi connectivity index (χ1n) is 3.53. The maximum Gasteiger partial charge on any atom is 0.0772 e. The van der Waals surface area contributed by atoms with E-state index in [-0.39, 0.29) is 0 Å². The van der Waals surface area contributed by atoms with Gasteiger partial charge in [-0.25, -0.2) is 4.21 Å². The van der Waals surface area contributed by atoms with E-state index in [0.717, 1.165) is 4.90 Å². The van der Waals surface area contributed by atoms with Gasteiger partial charge in [-0.1, -0.05) is 17.7 Å². The van der Waals surface area contributed by atoms with Gasteiger partial charge in [0.2, 0.25) is 0 Å². The van der Waals surface area contributed by atoms with Gasteiger partial charge in [0.25, 0.3) is 0 Å². The van der Waals surface area contributed by atoms with E-state index in [4.69, 9.17) is 11.6 Å². The van der Waals surface area contributed by atoms with Crippen molar-refractivity contribution >= 4 is 22.4 Å². The van der Waals surface area contributed by atoms with Crippen LogP contribution in [0, 0.1) is 0 Å². The fourth-order valence-electron chi connectivity index (χ4n) is 0.771. The lowest BCUT2D eigenvalue weighted by atomic mass is 10.4. The van der Waals surface area contributed by atoms with Gasteiger partial charge in [0, 0.05) is 15.3 Å². The molecule has 0 spiro atoms. The molecular formula is C9H9ClOS. The van der Waals surface area contributed by atoms with Crippen LogP contribution in [0.25, 0.3) is 0 Å². The van der Waals surface area contributed by atoms with E-state index in [2.05, 4.69) is 0 Å². The summed E-state index contributed by atoms with van der Waals surface area (Å²) in [6.07, 6.45) is 1.77. The molecule has 1 atom stereocenters. The van der Waals surface area contributed by atoms with Crippen LogP contribution in [0.4, 0.5) is 0 Å². The van der Waals surface area contributed by atoms with Gasteiger partial charge < -0.3 is 0 Å². The molecule has 0 saturated heterocycles. The van der Waals surface area contributed by atoms with E-state index in [1.165, 1.54) is 0 Å². The van der Waals surface area contributed by atoms with Gasteiger partial charge in [-0.3, -0.25) is 0 Å². The summed E-state index contributed by atoms with van der Waals surface area (Å²) >= 11 is 5.68. The Kier molecular flexibility index (Phi) is 3.50. The summed E-state index contributed by atoms with van der Waals surface area (Å²) in [7, 11) is -1.03. The van der Waals surface area contributed by atoms with Gasteiger partial charge in [-0.05, 0) is 31.2 Å². The number of benzene rings is 1. The maximum atomic E-state index is 11.3. The van der Waals surface area contributed by atoms with Crippen molar-refractivity contribution in [2.24, 2.45) is 0 Å². The van der Waals surface area contributed by atoms with Crippen LogP contribution in [0.15, 0.2) is 40.6 Å². The molecule has 0 N–H and O–H groups in total. The van der Waals surface area contributed by atoms with Crippen molar-refractivity contribution < 1.29 is 4.21 Å². The van der Waals surface area contributed by atoms with Crippen LogP contribution in [0.5, 0.6) is 0 Å². The average molecular weight is 201 g/mol. The second kappa shape index (κ2) is 4.43. The highest BCUT2D eigenvalue weighted by Crippen LogP contribution is 2.12. The Balaban J connectivity index is 2.90. The summed E-state index contributed by atoms with van der Waals surface area (Å²) in [5.74, 6) is 0. The SMILES string of the molecule is C/C=C/S(=O)c1ccc(Cl)cc1. The highest BCUT2D eigenvalue weighted by molar-refractivity contribution is 7.88. The lowest BCUT2D eigenvalue weighted by molar-refractivity contribution is 0.688. The summed E-state index contributed by atoms with van der Waals surface area (Å²) in [6, 6.07) is 6.99. The number of halogens is 1. The van der Waals surface area contributed by atoms with Crippen LogP contribution in [0.1, 0.15) is 6.92 Å². The van der Waals surface area contributed by atoms with E-state index < -0.39 is 10.8 Å². The molecule has 0 aliphatic heterocycles. The van der Waals surface area contributed by atoms with Crippen LogP contribution in [-0.4, -0.2) is 4.21 Å². The smallest absolute Gasteiger partial charge is 0.0772 e. The van der Waals surface area contributed by atoms with E-state index in [9.17, 15) is 4.21 Å². The topological polar surface area (TPSA) is 17.1 Å². The molecule has 3 heteroatoms. The molecule has 0 radical (unpaired) electrons. The standard InChI is InChI=1S/C9H9ClOS/c1-2-7-12(11)9-5-3-8(10)4-6-9/h2-7H,1H3/b7-2+. The Morgan fingerprint density at radius 2 is 1.92 bits per heavy atom. The Morgan fingerprint density at radius 1 is 1.33 bits per heavy atom. The second-order valence-electron chi connectivity index (χ2n) is 2.22. The summed E-state index contributed by atoms with van der Waals surface area (Å²) in [5.41, 5.74) is 0. The molecule has 1 aromatic rings. The highest BCUT2D eigenvalue weighted by Gasteiger charge is 1.97. The van der Waals surface area contributed by atoms with Crippen molar-refractivity contribution in [1.29, 1.82) is 0 Å². The molecular weight excluding hydrogens is 192 g/mol. The third-order valence-electron chi connectivity index (χ3n) is 1.31. The minimum Gasteiger partial charge on any atom is -0.250 e. The van der Waals surface area contributed by atoms with Gasteiger partial charge in [-0.15, -0.1) is 0 Å². The predicted molar refractivity (Wildman–Crippen MR) is 52.7 cm³/mol. The normalized spacial score (nSPS) is 13.5. The Labute approximate surface area is 79.5 Å². The van der Waals surface area contributed by atoms with Gasteiger partial charge >= 0.3 is 0 Å². The third kappa shape index (κ3) is 2.47. The van der Waals surface area contributed by atoms with Crippen molar-refractivity contribution in [2.75, 3.05) is 0 Å². The minimum absolute atomic E-state index is 0.663. The highest BCUT2D eigenvalue weighted by atomic mass is 35.5. The molecule has 0 bridgehead atoms. The maximum absolute atomic E-state index is 11.3. The molecule has 0 amide bonds. The Bertz CT molecular complexity index is 303. The summed E-state index contributed by atoms with van der Waals surface area (Å²) < 4.78 is 11.3. The number of rotatable bonds is 2. The molecule has 1 aromatic carbocycles. The lowest BCUT2D eigenvalue weighted by Crippen LogP contribution is -1.84. The first-order chi connectivity index (χ1) is 5.74. The predicted octanol–water partition coefficient (Wildman–Crippen LogP) is 2.98. The zero-order valence-corrected chi connectivity index (χ0v) is 8.23. The van der Waals surface area contributed by atoms with Crippen molar-refractivity contribution in [3.8, 4) is 0 Å². The molecule has 0 fully saturated rings. The van der Waals surface area contributed by atoms with Crippen LogP contribution in [-0.2, 0) is 10.8 Å². The molecule has 1 rings (SSSR count). The first kappa shape index (κ1) is 9.49. The lowest BCUT2D eigenvalue weighted by Gasteiger charge is -1.95. The molecule has 0 aliphatic rings. The number of allylic oxidation sites excluding steroid dienone is 1. The summed E-state index contributed by atoms with van der Waals surface area (Å²) in [5, 5.41) is 2.31. The largest absolute Gasteiger partial charge is 0.250 e. The van der Waals surface area contributed by atoms with E-state index in [1.807, 2.05) is 6.92 Å². The van der Waals surface area contributed by atoms with Crippen LogP contribution in [0.3, 0.4) is 0 Å². The number of hydrogen-bond donors (Lipinski definition) is 0. The average Bonchev–Trinajstić information content (AvgIpc) is 2.06. The van der Waals surface area contributed by atoms with Crippen LogP contribution in [0.2, 0.25) is 5.02 Å². The molecule has 0 aromatic heterocycles. The first-order valence-corrected chi connectivity index (χ1v) is 5.12.